The standard InChI is InChI=1S/C20H27NO2/c1-14(16-10-6-4-7-11-16)18-20(22)21(3)15(2)19(23-18)17-12-8-5-9-13-17/h5,8-9,12-13,15-16,19H,4,6-7,10-11H2,1-3H3/b18-14-/t15-,19-/m0/s1. The van der Waals surface area contributed by atoms with Gasteiger partial charge < -0.3 is 9.64 Å². The molecule has 0 spiro atoms. The van der Waals surface area contributed by atoms with Crippen LogP contribution in [0.15, 0.2) is 41.7 Å². The largest absolute Gasteiger partial charge is 0.478 e. The molecule has 3 heteroatoms. The van der Waals surface area contributed by atoms with Crippen molar-refractivity contribution in [3.8, 4) is 0 Å². The molecule has 1 aliphatic carbocycles. The topological polar surface area (TPSA) is 29.5 Å². The second-order valence-corrected chi connectivity index (χ2v) is 6.95. The highest BCUT2D eigenvalue weighted by atomic mass is 16.5. The number of ether oxygens (including phenoxy) is 1. The van der Waals surface area contributed by atoms with Gasteiger partial charge in [0, 0.05) is 7.05 Å². The SMILES string of the molecule is C/C(=C1/O[C@H](c2ccccc2)[C@H](C)N(C)C1=O)C1CCCCC1. The number of allylic oxidation sites excluding steroid dienone is 1. The second-order valence-electron chi connectivity index (χ2n) is 6.95. The van der Waals surface area contributed by atoms with Crippen molar-refractivity contribution in [2.24, 2.45) is 5.92 Å². The Morgan fingerprint density at radius 3 is 2.43 bits per heavy atom. The van der Waals surface area contributed by atoms with Crippen molar-refractivity contribution in [2.75, 3.05) is 7.05 Å². The molecule has 1 aromatic carbocycles. The van der Waals surface area contributed by atoms with E-state index in [1.807, 2.05) is 30.1 Å². The molecule has 2 fully saturated rings. The normalized spacial score (nSPS) is 28.5. The number of amides is 1. The number of carbonyl (C=O) groups is 1. The van der Waals surface area contributed by atoms with Gasteiger partial charge in [-0.15, -0.1) is 0 Å². The Kier molecular flexibility index (Phi) is 4.74. The molecule has 0 bridgehead atoms. The number of carbonyl (C=O) groups excluding carboxylic acids is 1. The lowest BCUT2D eigenvalue weighted by molar-refractivity contribution is -0.143. The Morgan fingerprint density at radius 1 is 1.13 bits per heavy atom. The fourth-order valence-corrected chi connectivity index (χ4v) is 3.80. The van der Waals surface area contributed by atoms with Crippen LogP contribution in [0.3, 0.4) is 0 Å². The number of hydrogen-bond donors (Lipinski definition) is 0. The first-order valence-electron chi connectivity index (χ1n) is 8.79. The molecule has 1 aromatic rings. The van der Waals surface area contributed by atoms with E-state index in [0.29, 0.717) is 11.7 Å². The number of morpholine rings is 1. The summed E-state index contributed by atoms with van der Waals surface area (Å²) in [6, 6.07) is 10.3. The molecular weight excluding hydrogens is 286 g/mol. The lowest BCUT2D eigenvalue weighted by atomic mass is 9.83. The molecule has 1 aliphatic heterocycles. The molecule has 0 radical (unpaired) electrons. The van der Waals surface area contributed by atoms with E-state index in [-0.39, 0.29) is 18.1 Å². The second kappa shape index (κ2) is 6.77. The number of hydrogen-bond acceptors (Lipinski definition) is 2. The first kappa shape index (κ1) is 16.1. The highest BCUT2D eigenvalue weighted by Gasteiger charge is 2.38. The fraction of sp³-hybridized carbons (Fsp3) is 0.550. The van der Waals surface area contributed by atoms with E-state index in [1.165, 1.54) is 32.1 Å². The lowest BCUT2D eigenvalue weighted by Crippen LogP contribution is -2.46. The molecular formula is C20H27NO2. The minimum atomic E-state index is -0.0903. The maximum atomic E-state index is 12.7. The molecule has 1 heterocycles. The molecule has 1 amide bonds. The number of likely N-dealkylation sites (N-methyl/N-ethyl adjacent to an activating group) is 1. The average molecular weight is 313 g/mol. The van der Waals surface area contributed by atoms with E-state index in [1.54, 1.807) is 0 Å². The number of rotatable bonds is 2. The van der Waals surface area contributed by atoms with E-state index >= 15 is 0 Å². The molecule has 0 unspecified atom stereocenters. The van der Waals surface area contributed by atoms with Crippen LogP contribution < -0.4 is 0 Å². The van der Waals surface area contributed by atoms with E-state index < -0.39 is 0 Å². The molecule has 0 aromatic heterocycles. The molecule has 2 aliphatic rings. The van der Waals surface area contributed by atoms with Crippen LogP contribution in [0.1, 0.15) is 57.6 Å². The van der Waals surface area contributed by atoms with Gasteiger partial charge in [0.2, 0.25) is 0 Å². The molecule has 23 heavy (non-hydrogen) atoms. The van der Waals surface area contributed by atoms with Gasteiger partial charge in [-0.3, -0.25) is 4.79 Å². The summed E-state index contributed by atoms with van der Waals surface area (Å²) in [5, 5.41) is 0. The van der Waals surface area contributed by atoms with Crippen molar-refractivity contribution in [1.82, 2.24) is 4.90 Å². The van der Waals surface area contributed by atoms with Crippen LogP contribution in [0.25, 0.3) is 0 Å². The molecule has 124 valence electrons. The third-order valence-corrected chi connectivity index (χ3v) is 5.51. The van der Waals surface area contributed by atoms with Crippen molar-refractivity contribution in [1.29, 1.82) is 0 Å². The Hall–Kier alpha value is -1.77. The third kappa shape index (κ3) is 3.15. The molecule has 1 saturated heterocycles. The van der Waals surface area contributed by atoms with E-state index in [0.717, 1.165) is 11.1 Å². The molecule has 3 nitrogen and oxygen atoms in total. The third-order valence-electron chi connectivity index (χ3n) is 5.51. The minimum Gasteiger partial charge on any atom is -0.478 e. The minimum absolute atomic E-state index is 0.0350. The molecule has 3 rings (SSSR count). The zero-order valence-electron chi connectivity index (χ0n) is 14.4. The Labute approximate surface area is 139 Å². The van der Waals surface area contributed by atoms with Gasteiger partial charge in [0.1, 0.15) is 6.10 Å². The highest BCUT2D eigenvalue weighted by Crippen LogP contribution is 2.37. The summed E-state index contributed by atoms with van der Waals surface area (Å²) in [6.07, 6.45) is 6.11. The summed E-state index contributed by atoms with van der Waals surface area (Å²) in [5.74, 6) is 1.13. The fourth-order valence-electron chi connectivity index (χ4n) is 3.80. The van der Waals surface area contributed by atoms with Gasteiger partial charge in [-0.2, -0.15) is 0 Å². The zero-order valence-corrected chi connectivity index (χ0v) is 14.4. The number of benzene rings is 1. The summed E-state index contributed by atoms with van der Waals surface area (Å²) in [5.41, 5.74) is 2.28. The predicted molar refractivity (Wildman–Crippen MR) is 91.8 cm³/mol. The summed E-state index contributed by atoms with van der Waals surface area (Å²) in [4.78, 5) is 14.6. The van der Waals surface area contributed by atoms with Gasteiger partial charge in [-0.05, 0) is 43.7 Å². The maximum absolute atomic E-state index is 12.7. The first-order valence-corrected chi connectivity index (χ1v) is 8.79. The lowest BCUT2D eigenvalue weighted by Gasteiger charge is -2.40. The van der Waals surface area contributed by atoms with Crippen molar-refractivity contribution < 1.29 is 9.53 Å². The maximum Gasteiger partial charge on any atom is 0.289 e. The average Bonchev–Trinajstić information content (AvgIpc) is 2.61. The van der Waals surface area contributed by atoms with Crippen LogP contribution in [0.2, 0.25) is 0 Å². The van der Waals surface area contributed by atoms with Crippen LogP contribution in [-0.2, 0) is 9.53 Å². The van der Waals surface area contributed by atoms with Gasteiger partial charge in [0.15, 0.2) is 5.76 Å². The van der Waals surface area contributed by atoms with Gasteiger partial charge in [-0.1, -0.05) is 49.6 Å². The quantitative estimate of drug-likeness (QED) is 0.754. The van der Waals surface area contributed by atoms with Crippen molar-refractivity contribution in [2.45, 2.75) is 58.1 Å². The van der Waals surface area contributed by atoms with Gasteiger partial charge in [-0.25, -0.2) is 0 Å². The van der Waals surface area contributed by atoms with Crippen LogP contribution in [0.4, 0.5) is 0 Å². The summed E-state index contributed by atoms with van der Waals surface area (Å²) >= 11 is 0. The van der Waals surface area contributed by atoms with E-state index in [2.05, 4.69) is 26.0 Å². The van der Waals surface area contributed by atoms with E-state index in [9.17, 15) is 4.79 Å². The Bertz CT molecular complexity index is 587. The van der Waals surface area contributed by atoms with Gasteiger partial charge in [0.05, 0.1) is 6.04 Å². The summed E-state index contributed by atoms with van der Waals surface area (Å²) in [6.45, 7) is 4.15. The van der Waals surface area contributed by atoms with Crippen molar-refractivity contribution in [3.05, 3.63) is 47.2 Å². The molecule has 0 N–H and O–H groups in total. The predicted octanol–water partition coefficient (Wildman–Crippen LogP) is 4.46. The van der Waals surface area contributed by atoms with Gasteiger partial charge in [0.25, 0.3) is 5.91 Å². The Balaban J connectivity index is 1.92. The van der Waals surface area contributed by atoms with E-state index in [4.69, 9.17) is 4.74 Å². The number of nitrogens with zero attached hydrogens (tertiary/aromatic N) is 1. The smallest absolute Gasteiger partial charge is 0.289 e. The van der Waals surface area contributed by atoms with Crippen molar-refractivity contribution in [3.63, 3.8) is 0 Å². The monoisotopic (exact) mass is 313 g/mol. The summed E-state index contributed by atoms with van der Waals surface area (Å²) in [7, 11) is 1.89. The highest BCUT2D eigenvalue weighted by molar-refractivity contribution is 5.93. The summed E-state index contributed by atoms with van der Waals surface area (Å²) < 4.78 is 6.27. The zero-order chi connectivity index (χ0) is 16.4. The first-order chi connectivity index (χ1) is 11.1. The molecule has 2 atom stereocenters. The van der Waals surface area contributed by atoms with Crippen molar-refractivity contribution >= 4 is 5.91 Å². The van der Waals surface area contributed by atoms with Gasteiger partial charge >= 0.3 is 0 Å². The van der Waals surface area contributed by atoms with Crippen LogP contribution >= 0.6 is 0 Å². The van der Waals surface area contributed by atoms with Crippen LogP contribution in [0.5, 0.6) is 0 Å². The van der Waals surface area contributed by atoms with Crippen LogP contribution in [0, 0.1) is 5.92 Å². The van der Waals surface area contributed by atoms with Crippen LogP contribution in [-0.4, -0.2) is 23.9 Å². The Morgan fingerprint density at radius 2 is 1.78 bits per heavy atom. The molecule has 1 saturated carbocycles.